The zero-order chi connectivity index (χ0) is 19.9. The lowest BCUT2D eigenvalue weighted by Crippen LogP contribution is -2.24. The molecule has 0 saturated carbocycles. The molecule has 0 spiro atoms. The standard InChI is InChI=1S/C21H22N2O4S/c1-3-27-19-7-5-4-6-16(19)13-22-28(25,26)17-11-15-8-9-23-20(24)10-14(2)18(12-17)21(15)23/h4-7,10-12,22H,3,8-9,13H2,1-2H3. The highest BCUT2D eigenvalue weighted by Crippen LogP contribution is 2.29. The van der Waals surface area contributed by atoms with E-state index in [4.69, 9.17) is 4.74 Å². The van der Waals surface area contributed by atoms with Crippen LogP contribution in [0.25, 0.3) is 10.9 Å². The van der Waals surface area contributed by atoms with Gasteiger partial charge in [-0.15, -0.1) is 0 Å². The molecular formula is C21H22N2O4S. The lowest BCUT2D eigenvalue weighted by molar-refractivity contribution is 0.336. The smallest absolute Gasteiger partial charge is 0.251 e. The second-order valence-corrected chi connectivity index (χ2v) is 8.68. The summed E-state index contributed by atoms with van der Waals surface area (Å²) in [5.41, 5.74) is 3.28. The second-order valence-electron chi connectivity index (χ2n) is 6.91. The Labute approximate surface area is 163 Å². The van der Waals surface area contributed by atoms with Gasteiger partial charge in [0, 0.05) is 30.1 Å². The normalized spacial score (nSPS) is 13.2. The molecule has 2 aromatic carbocycles. The van der Waals surface area contributed by atoms with E-state index in [1.165, 1.54) is 0 Å². The summed E-state index contributed by atoms with van der Waals surface area (Å²) in [6, 6.07) is 12.3. The van der Waals surface area contributed by atoms with Crippen LogP contribution in [0.1, 0.15) is 23.6 Å². The summed E-state index contributed by atoms with van der Waals surface area (Å²) in [5.74, 6) is 0.671. The van der Waals surface area contributed by atoms with E-state index < -0.39 is 10.0 Å². The molecule has 6 nitrogen and oxygen atoms in total. The van der Waals surface area contributed by atoms with Crippen molar-refractivity contribution in [3.05, 3.63) is 69.5 Å². The minimum absolute atomic E-state index is 0.0370. The second kappa shape index (κ2) is 7.07. The average Bonchev–Trinajstić information content (AvgIpc) is 3.10. The number of para-hydroxylation sites is 1. The third kappa shape index (κ3) is 3.21. The molecule has 1 N–H and O–H groups in total. The molecule has 0 saturated heterocycles. The van der Waals surface area contributed by atoms with Crippen molar-refractivity contribution in [2.45, 2.75) is 38.3 Å². The number of benzene rings is 2. The maximum atomic E-state index is 13.0. The maximum absolute atomic E-state index is 13.0. The van der Waals surface area contributed by atoms with Gasteiger partial charge in [0.15, 0.2) is 0 Å². The number of nitrogens with zero attached hydrogens (tertiary/aromatic N) is 1. The highest BCUT2D eigenvalue weighted by Gasteiger charge is 2.22. The van der Waals surface area contributed by atoms with Gasteiger partial charge in [-0.1, -0.05) is 18.2 Å². The first kappa shape index (κ1) is 18.7. The number of hydrogen-bond donors (Lipinski definition) is 1. The molecule has 0 radical (unpaired) electrons. The summed E-state index contributed by atoms with van der Waals surface area (Å²) in [6.07, 6.45) is 0.658. The zero-order valence-corrected chi connectivity index (χ0v) is 16.7. The van der Waals surface area contributed by atoms with Crippen molar-refractivity contribution in [1.82, 2.24) is 9.29 Å². The molecule has 1 aliphatic heterocycles. The molecule has 1 aromatic heterocycles. The predicted octanol–water partition coefficient (Wildman–Crippen LogP) is 2.74. The Bertz CT molecular complexity index is 1230. The van der Waals surface area contributed by atoms with Crippen molar-refractivity contribution in [2.75, 3.05) is 6.61 Å². The molecular weight excluding hydrogens is 376 g/mol. The Balaban J connectivity index is 1.70. The molecule has 7 heteroatoms. The zero-order valence-electron chi connectivity index (χ0n) is 15.9. The summed E-state index contributed by atoms with van der Waals surface area (Å²) in [5, 5.41) is 0.810. The molecule has 4 rings (SSSR count). The first-order valence-electron chi connectivity index (χ1n) is 9.28. The number of aromatic nitrogens is 1. The molecule has 0 unspecified atom stereocenters. The fourth-order valence-electron chi connectivity index (χ4n) is 3.74. The van der Waals surface area contributed by atoms with Crippen LogP contribution in [0.3, 0.4) is 0 Å². The van der Waals surface area contributed by atoms with Crippen LogP contribution < -0.4 is 15.0 Å². The van der Waals surface area contributed by atoms with Crippen molar-refractivity contribution in [2.24, 2.45) is 0 Å². The van der Waals surface area contributed by atoms with Crippen LogP contribution >= 0.6 is 0 Å². The number of nitrogens with one attached hydrogen (secondary N) is 1. The number of rotatable bonds is 6. The molecule has 146 valence electrons. The van der Waals surface area contributed by atoms with E-state index in [1.54, 1.807) is 22.8 Å². The SMILES string of the molecule is CCOc1ccccc1CNS(=O)(=O)c1cc2c3c(c1)c(C)cc(=O)n3CC2. The Hall–Kier alpha value is -2.64. The van der Waals surface area contributed by atoms with Crippen molar-refractivity contribution < 1.29 is 13.2 Å². The van der Waals surface area contributed by atoms with E-state index in [9.17, 15) is 13.2 Å². The molecule has 2 heterocycles. The summed E-state index contributed by atoms with van der Waals surface area (Å²) in [7, 11) is -3.71. The van der Waals surface area contributed by atoms with E-state index in [0.29, 0.717) is 25.3 Å². The molecule has 0 amide bonds. The highest BCUT2D eigenvalue weighted by atomic mass is 32.2. The Morgan fingerprint density at radius 1 is 1.18 bits per heavy atom. The number of sulfonamides is 1. The largest absolute Gasteiger partial charge is 0.494 e. The van der Waals surface area contributed by atoms with Crippen molar-refractivity contribution >= 4 is 20.9 Å². The first-order chi connectivity index (χ1) is 13.4. The summed E-state index contributed by atoms with van der Waals surface area (Å²) < 4.78 is 35.9. The maximum Gasteiger partial charge on any atom is 0.251 e. The molecule has 28 heavy (non-hydrogen) atoms. The van der Waals surface area contributed by atoms with Crippen molar-refractivity contribution in [3.8, 4) is 5.75 Å². The minimum atomic E-state index is -3.71. The van der Waals surface area contributed by atoms with E-state index in [1.807, 2.05) is 38.1 Å². The van der Waals surface area contributed by atoms with E-state index in [2.05, 4.69) is 4.72 Å². The lowest BCUT2D eigenvalue weighted by atomic mass is 10.1. The van der Waals surface area contributed by atoms with Gasteiger partial charge in [-0.2, -0.15) is 0 Å². The van der Waals surface area contributed by atoms with Crippen LogP contribution in [0.5, 0.6) is 5.75 Å². The highest BCUT2D eigenvalue weighted by molar-refractivity contribution is 7.89. The topological polar surface area (TPSA) is 77.4 Å². The van der Waals surface area contributed by atoms with Gasteiger partial charge in [-0.3, -0.25) is 4.79 Å². The van der Waals surface area contributed by atoms with E-state index in [0.717, 1.165) is 27.6 Å². The Morgan fingerprint density at radius 2 is 1.96 bits per heavy atom. The van der Waals surface area contributed by atoms with Gasteiger partial charge in [-0.25, -0.2) is 13.1 Å². The Kier molecular flexibility index (Phi) is 4.72. The molecule has 1 aliphatic rings. The van der Waals surface area contributed by atoms with E-state index >= 15 is 0 Å². The number of aryl methyl sites for hydroxylation is 3. The molecule has 0 bridgehead atoms. The fourth-order valence-corrected chi connectivity index (χ4v) is 4.82. The van der Waals surface area contributed by atoms with Gasteiger partial charge >= 0.3 is 0 Å². The van der Waals surface area contributed by atoms with Gasteiger partial charge in [-0.05, 0) is 49.6 Å². The van der Waals surface area contributed by atoms with Crippen LogP contribution in [0.2, 0.25) is 0 Å². The average molecular weight is 398 g/mol. The summed E-state index contributed by atoms with van der Waals surface area (Å²) in [6.45, 7) is 4.97. The minimum Gasteiger partial charge on any atom is -0.494 e. The predicted molar refractivity (Wildman–Crippen MR) is 108 cm³/mol. The Morgan fingerprint density at radius 3 is 2.75 bits per heavy atom. The molecule has 0 atom stereocenters. The quantitative estimate of drug-likeness (QED) is 0.693. The number of ether oxygens (including phenoxy) is 1. The van der Waals surface area contributed by atoms with Gasteiger partial charge in [0.1, 0.15) is 5.75 Å². The number of hydrogen-bond acceptors (Lipinski definition) is 4. The van der Waals surface area contributed by atoms with Gasteiger partial charge in [0.05, 0.1) is 17.0 Å². The van der Waals surface area contributed by atoms with Gasteiger partial charge in [0.25, 0.3) is 5.56 Å². The molecule has 0 aliphatic carbocycles. The monoisotopic (exact) mass is 398 g/mol. The summed E-state index contributed by atoms with van der Waals surface area (Å²) >= 11 is 0. The van der Waals surface area contributed by atoms with Crippen LogP contribution in [-0.2, 0) is 29.5 Å². The van der Waals surface area contributed by atoms with E-state index in [-0.39, 0.29) is 17.0 Å². The third-order valence-electron chi connectivity index (χ3n) is 5.10. The summed E-state index contributed by atoms with van der Waals surface area (Å²) in [4.78, 5) is 12.4. The van der Waals surface area contributed by atoms with Crippen molar-refractivity contribution in [1.29, 1.82) is 0 Å². The van der Waals surface area contributed by atoms with Crippen LogP contribution in [0.4, 0.5) is 0 Å². The van der Waals surface area contributed by atoms with Gasteiger partial charge < -0.3 is 9.30 Å². The third-order valence-corrected chi connectivity index (χ3v) is 6.48. The molecule has 0 fully saturated rings. The first-order valence-corrected chi connectivity index (χ1v) is 10.8. The van der Waals surface area contributed by atoms with Crippen LogP contribution in [-0.4, -0.2) is 19.6 Å². The number of pyridine rings is 1. The van der Waals surface area contributed by atoms with Gasteiger partial charge in [0.2, 0.25) is 10.0 Å². The fraction of sp³-hybridized carbons (Fsp3) is 0.286. The van der Waals surface area contributed by atoms with Crippen LogP contribution in [0, 0.1) is 6.92 Å². The molecule has 3 aromatic rings. The lowest BCUT2D eigenvalue weighted by Gasteiger charge is -2.13. The van der Waals surface area contributed by atoms with Crippen LogP contribution in [0.15, 0.2) is 52.2 Å². The van der Waals surface area contributed by atoms with Crippen molar-refractivity contribution in [3.63, 3.8) is 0 Å².